The van der Waals surface area contributed by atoms with Crippen LogP contribution in [0.4, 0.5) is 0 Å². The van der Waals surface area contributed by atoms with E-state index in [1.807, 2.05) is 0 Å². The van der Waals surface area contributed by atoms with Crippen molar-refractivity contribution in [1.82, 2.24) is 0 Å². The van der Waals surface area contributed by atoms with E-state index < -0.39 is 0 Å². The highest BCUT2D eigenvalue weighted by molar-refractivity contribution is 5.88. The molecule has 0 aromatic heterocycles. The molecule has 0 amide bonds. The molecule has 0 N–H and O–H groups in total. The van der Waals surface area contributed by atoms with E-state index in [1.54, 1.807) is 0 Å². The number of hydrogen-bond acceptors (Lipinski definition) is 3. The number of rotatable bonds is 2. The molecule has 58 valence electrons. The Hall–Kier alpha value is -1.43. The average molecular weight is 152 g/mol. The van der Waals surface area contributed by atoms with Crippen molar-refractivity contribution >= 4 is 5.97 Å². The van der Waals surface area contributed by atoms with Crippen LogP contribution in [0.1, 0.15) is 6.42 Å². The molecule has 0 atom stereocenters. The molecule has 1 aliphatic heterocycles. The third-order valence-corrected chi connectivity index (χ3v) is 1.26. The summed E-state index contributed by atoms with van der Waals surface area (Å²) in [5, 5.41) is 0. The predicted octanol–water partition coefficient (Wildman–Crippen LogP) is 0.467. The minimum absolute atomic E-state index is 0.0240. The van der Waals surface area contributed by atoms with Crippen LogP contribution in [0.3, 0.4) is 0 Å². The van der Waals surface area contributed by atoms with Gasteiger partial charge in [0.2, 0.25) is 0 Å². The maximum Gasteiger partial charge on any atom is 0.338 e. The normalized spacial score (nSPS) is 14.6. The van der Waals surface area contributed by atoms with Crippen LogP contribution in [0.15, 0.2) is 11.8 Å². The van der Waals surface area contributed by atoms with Crippen molar-refractivity contribution < 1.29 is 14.3 Å². The first-order chi connectivity index (χ1) is 5.34. The molecule has 0 radical (unpaired) electrons. The Labute approximate surface area is 65.0 Å². The summed E-state index contributed by atoms with van der Waals surface area (Å²) in [6.07, 6.45) is 6.93. The highest BCUT2D eigenvalue weighted by Gasteiger charge is 2.14. The first kappa shape index (κ1) is 7.67. The van der Waals surface area contributed by atoms with Gasteiger partial charge in [0.05, 0.1) is 18.4 Å². The minimum Gasteiger partial charge on any atom is -0.500 e. The number of ether oxygens (including phenoxy) is 2. The molecule has 0 aromatic rings. The lowest BCUT2D eigenvalue weighted by molar-refractivity contribution is -0.137. The maximum atomic E-state index is 10.9. The van der Waals surface area contributed by atoms with E-state index in [0.29, 0.717) is 18.6 Å². The smallest absolute Gasteiger partial charge is 0.338 e. The van der Waals surface area contributed by atoms with Gasteiger partial charge in [-0.25, -0.2) is 4.79 Å². The Balaban J connectivity index is 2.36. The van der Waals surface area contributed by atoms with Gasteiger partial charge >= 0.3 is 5.97 Å². The van der Waals surface area contributed by atoms with Crippen molar-refractivity contribution in [2.75, 3.05) is 13.2 Å². The van der Waals surface area contributed by atoms with Gasteiger partial charge in [0.15, 0.2) is 6.61 Å². The molecule has 0 spiro atoms. The van der Waals surface area contributed by atoms with Crippen LogP contribution in [0.2, 0.25) is 0 Å². The van der Waals surface area contributed by atoms with E-state index in [1.165, 1.54) is 6.26 Å². The standard InChI is InChI=1S/C8H8O3/c1-2-4-11-8(9)7-3-5-10-6-7/h1,6H,3-5H2. The molecule has 0 unspecified atom stereocenters. The van der Waals surface area contributed by atoms with Crippen molar-refractivity contribution in [2.24, 2.45) is 0 Å². The predicted molar refractivity (Wildman–Crippen MR) is 38.4 cm³/mol. The summed E-state index contributed by atoms with van der Waals surface area (Å²) in [5.41, 5.74) is 0.556. The van der Waals surface area contributed by atoms with Gasteiger partial charge in [-0.2, -0.15) is 0 Å². The number of hydrogen-bond donors (Lipinski definition) is 0. The number of esters is 1. The third-order valence-electron chi connectivity index (χ3n) is 1.26. The van der Waals surface area contributed by atoms with E-state index in [4.69, 9.17) is 11.2 Å². The van der Waals surface area contributed by atoms with E-state index in [9.17, 15) is 4.79 Å². The molecule has 3 heteroatoms. The summed E-state index contributed by atoms with van der Waals surface area (Å²) in [6.45, 7) is 0.580. The van der Waals surface area contributed by atoms with Crippen LogP contribution in [0, 0.1) is 12.3 Å². The fourth-order valence-corrected chi connectivity index (χ4v) is 0.737. The van der Waals surface area contributed by atoms with Crippen molar-refractivity contribution in [3.05, 3.63) is 11.8 Å². The molecule has 11 heavy (non-hydrogen) atoms. The summed E-state index contributed by atoms with van der Waals surface area (Å²) in [6, 6.07) is 0. The van der Waals surface area contributed by atoms with Crippen molar-refractivity contribution in [3.63, 3.8) is 0 Å². The lowest BCUT2D eigenvalue weighted by Crippen LogP contribution is -2.06. The fourth-order valence-electron chi connectivity index (χ4n) is 0.737. The second-order valence-corrected chi connectivity index (χ2v) is 2.04. The first-order valence-electron chi connectivity index (χ1n) is 3.26. The number of terminal acetylenes is 1. The largest absolute Gasteiger partial charge is 0.500 e. The summed E-state index contributed by atoms with van der Waals surface area (Å²) >= 11 is 0. The van der Waals surface area contributed by atoms with Crippen molar-refractivity contribution in [1.29, 1.82) is 0 Å². The highest BCUT2D eigenvalue weighted by atomic mass is 16.5. The third kappa shape index (κ3) is 2.01. The zero-order valence-corrected chi connectivity index (χ0v) is 6.00. The Morgan fingerprint density at radius 1 is 1.91 bits per heavy atom. The van der Waals surface area contributed by atoms with Gasteiger partial charge < -0.3 is 9.47 Å². The van der Waals surface area contributed by atoms with Crippen LogP contribution >= 0.6 is 0 Å². The Bertz CT molecular complexity index is 222. The molecule has 0 saturated carbocycles. The second-order valence-electron chi connectivity index (χ2n) is 2.04. The van der Waals surface area contributed by atoms with Gasteiger partial charge in [-0.05, 0) is 0 Å². The van der Waals surface area contributed by atoms with Crippen LogP contribution in [-0.2, 0) is 14.3 Å². The van der Waals surface area contributed by atoms with E-state index in [-0.39, 0.29) is 12.6 Å². The molecule has 1 aliphatic rings. The molecular weight excluding hydrogens is 144 g/mol. The second kappa shape index (κ2) is 3.67. The molecule has 0 fully saturated rings. The van der Waals surface area contributed by atoms with Gasteiger partial charge in [0.25, 0.3) is 0 Å². The maximum absolute atomic E-state index is 10.9. The van der Waals surface area contributed by atoms with Gasteiger partial charge in [-0.15, -0.1) is 6.42 Å². The summed E-state index contributed by atoms with van der Waals surface area (Å²) < 4.78 is 9.50. The monoisotopic (exact) mass is 152 g/mol. The van der Waals surface area contributed by atoms with Gasteiger partial charge in [0.1, 0.15) is 0 Å². The summed E-state index contributed by atoms with van der Waals surface area (Å²) in [4.78, 5) is 10.9. The molecule has 3 nitrogen and oxygen atoms in total. The SMILES string of the molecule is C#CCOC(=O)C1=COCC1. The molecule has 0 aromatic carbocycles. The van der Waals surface area contributed by atoms with E-state index in [0.717, 1.165) is 0 Å². The van der Waals surface area contributed by atoms with E-state index >= 15 is 0 Å². The molecule has 1 heterocycles. The summed E-state index contributed by atoms with van der Waals surface area (Å²) in [5.74, 6) is 1.84. The number of carbonyl (C=O) groups is 1. The molecule has 0 bridgehead atoms. The quantitative estimate of drug-likeness (QED) is 0.426. The van der Waals surface area contributed by atoms with Crippen molar-refractivity contribution in [3.8, 4) is 12.3 Å². The summed E-state index contributed by atoms with van der Waals surface area (Å²) in [7, 11) is 0. The topological polar surface area (TPSA) is 35.5 Å². The Morgan fingerprint density at radius 3 is 3.27 bits per heavy atom. The number of carbonyl (C=O) groups excluding carboxylic acids is 1. The molecule has 0 saturated heterocycles. The lowest BCUT2D eigenvalue weighted by atomic mass is 10.2. The Kier molecular flexibility index (Phi) is 2.56. The molecular formula is C8H8O3. The Morgan fingerprint density at radius 2 is 2.73 bits per heavy atom. The van der Waals surface area contributed by atoms with Crippen LogP contribution < -0.4 is 0 Å². The van der Waals surface area contributed by atoms with Gasteiger partial charge in [-0.3, -0.25) is 0 Å². The lowest BCUT2D eigenvalue weighted by Gasteiger charge is -1.97. The fraction of sp³-hybridized carbons (Fsp3) is 0.375. The van der Waals surface area contributed by atoms with Crippen LogP contribution in [0.5, 0.6) is 0 Å². The zero-order chi connectivity index (χ0) is 8.10. The first-order valence-corrected chi connectivity index (χ1v) is 3.26. The minimum atomic E-state index is -0.375. The van der Waals surface area contributed by atoms with Crippen molar-refractivity contribution in [2.45, 2.75) is 6.42 Å². The molecule has 0 aliphatic carbocycles. The van der Waals surface area contributed by atoms with E-state index in [2.05, 4.69) is 10.7 Å². The molecule has 1 rings (SSSR count). The zero-order valence-electron chi connectivity index (χ0n) is 6.00. The van der Waals surface area contributed by atoms with Crippen LogP contribution in [-0.4, -0.2) is 19.2 Å². The van der Waals surface area contributed by atoms with Crippen LogP contribution in [0.25, 0.3) is 0 Å². The van der Waals surface area contributed by atoms with Gasteiger partial charge in [0, 0.05) is 6.42 Å². The average Bonchev–Trinajstić information content (AvgIpc) is 2.52. The van der Waals surface area contributed by atoms with Gasteiger partial charge in [-0.1, -0.05) is 5.92 Å². The highest BCUT2D eigenvalue weighted by Crippen LogP contribution is 2.11.